The Bertz CT molecular complexity index is 932. The van der Waals surface area contributed by atoms with E-state index in [1.807, 2.05) is 19.1 Å². The summed E-state index contributed by atoms with van der Waals surface area (Å²) in [7, 11) is 3.04. The number of nitrogens with zero attached hydrogens (tertiary/aromatic N) is 2. The first-order valence-electron chi connectivity index (χ1n) is 6.83. The van der Waals surface area contributed by atoms with Crippen LogP contribution in [0.15, 0.2) is 41.2 Å². The molecule has 0 unspecified atom stereocenters. The SMILES string of the molecule is COc1cccc(F)c1-c1nc2cc(C)ccc2c(=O)n1C. The summed E-state index contributed by atoms with van der Waals surface area (Å²) in [6, 6.07) is 9.93. The van der Waals surface area contributed by atoms with Crippen LogP contribution in [-0.4, -0.2) is 16.7 Å². The highest BCUT2D eigenvalue weighted by atomic mass is 19.1. The third-order valence-electron chi connectivity index (χ3n) is 3.65. The van der Waals surface area contributed by atoms with Crippen molar-refractivity contribution in [3.8, 4) is 17.1 Å². The fourth-order valence-electron chi connectivity index (χ4n) is 2.50. The molecule has 0 radical (unpaired) electrons. The fourth-order valence-corrected chi connectivity index (χ4v) is 2.50. The normalized spacial score (nSPS) is 10.9. The van der Waals surface area contributed by atoms with Gasteiger partial charge in [-0.3, -0.25) is 9.36 Å². The summed E-state index contributed by atoms with van der Waals surface area (Å²) in [5, 5.41) is 0.507. The highest BCUT2D eigenvalue weighted by Gasteiger charge is 2.18. The van der Waals surface area contributed by atoms with Crippen molar-refractivity contribution < 1.29 is 9.13 Å². The van der Waals surface area contributed by atoms with Crippen LogP contribution >= 0.6 is 0 Å². The second kappa shape index (κ2) is 5.26. The molecule has 22 heavy (non-hydrogen) atoms. The minimum atomic E-state index is -0.478. The highest BCUT2D eigenvalue weighted by molar-refractivity contribution is 5.81. The number of benzene rings is 2. The molecule has 1 heterocycles. The molecule has 4 nitrogen and oxygen atoms in total. The number of ether oxygens (including phenoxy) is 1. The van der Waals surface area contributed by atoms with Gasteiger partial charge in [-0.1, -0.05) is 12.1 Å². The van der Waals surface area contributed by atoms with Gasteiger partial charge in [-0.15, -0.1) is 0 Å². The molecule has 0 fully saturated rings. The maximum atomic E-state index is 14.3. The lowest BCUT2D eigenvalue weighted by molar-refractivity contribution is 0.412. The standard InChI is InChI=1S/C17H15FN2O2/c1-10-7-8-11-13(9-10)19-16(20(2)17(11)21)15-12(18)5-4-6-14(15)22-3/h4-9H,1-3H3. The van der Waals surface area contributed by atoms with Gasteiger partial charge in [0.2, 0.25) is 0 Å². The number of halogens is 1. The quantitative estimate of drug-likeness (QED) is 0.730. The van der Waals surface area contributed by atoms with Crippen LogP contribution in [0.2, 0.25) is 0 Å². The molecule has 0 spiro atoms. The Kier molecular flexibility index (Phi) is 3.41. The summed E-state index contributed by atoms with van der Waals surface area (Å²) in [5.41, 5.74) is 1.50. The highest BCUT2D eigenvalue weighted by Crippen LogP contribution is 2.31. The van der Waals surface area contributed by atoms with Gasteiger partial charge in [0.05, 0.1) is 23.6 Å². The van der Waals surface area contributed by atoms with Crippen LogP contribution in [0.25, 0.3) is 22.3 Å². The summed E-state index contributed by atoms with van der Waals surface area (Å²) in [4.78, 5) is 17.0. The van der Waals surface area contributed by atoms with E-state index in [-0.39, 0.29) is 16.9 Å². The van der Waals surface area contributed by atoms with Crippen LogP contribution in [-0.2, 0) is 7.05 Å². The average Bonchev–Trinajstić information content (AvgIpc) is 2.50. The van der Waals surface area contributed by atoms with Crippen molar-refractivity contribution in [2.24, 2.45) is 7.05 Å². The second-order valence-electron chi connectivity index (χ2n) is 5.14. The molecule has 0 aliphatic carbocycles. The Morgan fingerprint density at radius 3 is 2.73 bits per heavy atom. The van der Waals surface area contributed by atoms with Gasteiger partial charge in [0.25, 0.3) is 5.56 Å². The van der Waals surface area contributed by atoms with E-state index in [2.05, 4.69) is 4.98 Å². The predicted octanol–water partition coefficient (Wildman–Crippen LogP) is 3.06. The predicted molar refractivity (Wildman–Crippen MR) is 83.7 cm³/mol. The van der Waals surface area contributed by atoms with Crippen molar-refractivity contribution in [1.29, 1.82) is 0 Å². The molecule has 0 bridgehead atoms. The van der Waals surface area contributed by atoms with Crippen LogP contribution in [0.3, 0.4) is 0 Å². The lowest BCUT2D eigenvalue weighted by Gasteiger charge is -2.13. The molecule has 0 N–H and O–H groups in total. The molecule has 3 rings (SSSR count). The zero-order chi connectivity index (χ0) is 15.9. The van der Waals surface area contributed by atoms with E-state index in [0.717, 1.165) is 5.56 Å². The number of aromatic nitrogens is 2. The minimum absolute atomic E-state index is 0.188. The Balaban J connectivity index is 2.42. The molecule has 3 aromatic rings. The van der Waals surface area contributed by atoms with E-state index in [4.69, 9.17) is 4.74 Å². The Hall–Kier alpha value is -2.69. The van der Waals surface area contributed by atoms with Crippen molar-refractivity contribution in [1.82, 2.24) is 9.55 Å². The lowest BCUT2D eigenvalue weighted by Crippen LogP contribution is -2.20. The smallest absolute Gasteiger partial charge is 0.261 e. The number of rotatable bonds is 2. The number of hydrogen-bond donors (Lipinski definition) is 0. The lowest BCUT2D eigenvalue weighted by atomic mass is 10.1. The zero-order valence-corrected chi connectivity index (χ0v) is 12.6. The van der Waals surface area contributed by atoms with E-state index in [0.29, 0.717) is 16.7 Å². The van der Waals surface area contributed by atoms with Crippen molar-refractivity contribution >= 4 is 10.9 Å². The molecular formula is C17H15FN2O2. The molecule has 2 aromatic carbocycles. The summed E-state index contributed by atoms with van der Waals surface area (Å²) in [6.07, 6.45) is 0. The molecule has 0 aliphatic heterocycles. The summed E-state index contributed by atoms with van der Waals surface area (Å²) >= 11 is 0. The molecular weight excluding hydrogens is 283 g/mol. The van der Waals surface area contributed by atoms with Gasteiger partial charge in [0, 0.05) is 7.05 Å². The third kappa shape index (κ3) is 2.15. The fraction of sp³-hybridized carbons (Fsp3) is 0.176. The summed E-state index contributed by atoms with van der Waals surface area (Å²) in [6.45, 7) is 1.92. The molecule has 1 aromatic heterocycles. The minimum Gasteiger partial charge on any atom is -0.496 e. The largest absolute Gasteiger partial charge is 0.496 e. The van der Waals surface area contributed by atoms with Gasteiger partial charge in [-0.2, -0.15) is 0 Å². The molecule has 0 aliphatic rings. The molecule has 5 heteroatoms. The van der Waals surface area contributed by atoms with Gasteiger partial charge < -0.3 is 4.74 Å². The monoisotopic (exact) mass is 298 g/mol. The maximum absolute atomic E-state index is 14.3. The molecule has 0 atom stereocenters. The van der Waals surface area contributed by atoms with Crippen molar-refractivity contribution in [2.45, 2.75) is 6.92 Å². The Morgan fingerprint density at radius 1 is 1.23 bits per heavy atom. The summed E-state index contributed by atoms with van der Waals surface area (Å²) < 4.78 is 20.8. The van der Waals surface area contributed by atoms with E-state index < -0.39 is 5.82 Å². The van der Waals surface area contributed by atoms with E-state index >= 15 is 0 Å². The zero-order valence-electron chi connectivity index (χ0n) is 12.6. The van der Waals surface area contributed by atoms with E-state index in [1.54, 1.807) is 25.2 Å². The van der Waals surface area contributed by atoms with Gasteiger partial charge in [-0.05, 0) is 36.8 Å². The molecule has 0 saturated carbocycles. The van der Waals surface area contributed by atoms with Crippen molar-refractivity contribution in [2.75, 3.05) is 7.11 Å². The van der Waals surface area contributed by atoms with Crippen LogP contribution in [0.4, 0.5) is 4.39 Å². The van der Waals surface area contributed by atoms with Crippen LogP contribution in [0, 0.1) is 12.7 Å². The first kappa shape index (κ1) is 14.3. The van der Waals surface area contributed by atoms with Crippen LogP contribution in [0.5, 0.6) is 5.75 Å². The Morgan fingerprint density at radius 2 is 2.00 bits per heavy atom. The maximum Gasteiger partial charge on any atom is 0.261 e. The van der Waals surface area contributed by atoms with Gasteiger partial charge in [0.1, 0.15) is 17.4 Å². The number of fused-ring (bicyclic) bond motifs is 1. The summed E-state index contributed by atoms with van der Waals surface area (Å²) in [5.74, 6) is 0.112. The van der Waals surface area contributed by atoms with Crippen LogP contribution < -0.4 is 10.3 Å². The molecule has 0 amide bonds. The topological polar surface area (TPSA) is 44.1 Å². The van der Waals surface area contributed by atoms with E-state index in [9.17, 15) is 9.18 Å². The first-order valence-corrected chi connectivity index (χ1v) is 6.83. The number of methoxy groups -OCH3 is 1. The van der Waals surface area contributed by atoms with Gasteiger partial charge in [0.15, 0.2) is 0 Å². The van der Waals surface area contributed by atoms with Crippen molar-refractivity contribution in [3.63, 3.8) is 0 Å². The first-order chi connectivity index (χ1) is 10.5. The second-order valence-corrected chi connectivity index (χ2v) is 5.14. The molecule has 112 valence electrons. The average molecular weight is 298 g/mol. The van der Waals surface area contributed by atoms with Crippen LogP contribution in [0.1, 0.15) is 5.56 Å². The van der Waals surface area contributed by atoms with Gasteiger partial charge in [-0.25, -0.2) is 9.37 Å². The van der Waals surface area contributed by atoms with Gasteiger partial charge >= 0.3 is 0 Å². The Labute approximate surface area is 126 Å². The third-order valence-corrected chi connectivity index (χ3v) is 3.65. The van der Waals surface area contributed by atoms with E-state index in [1.165, 1.54) is 17.7 Å². The molecule has 0 saturated heterocycles. The van der Waals surface area contributed by atoms with Crippen molar-refractivity contribution in [3.05, 3.63) is 58.1 Å². The number of hydrogen-bond acceptors (Lipinski definition) is 3. The number of aryl methyl sites for hydroxylation is 1.